The van der Waals surface area contributed by atoms with Gasteiger partial charge in [0.25, 0.3) is 5.91 Å². The Hall–Kier alpha value is -2.67. The maximum Gasteiger partial charge on any atom is 0.257 e. The predicted octanol–water partition coefficient (Wildman–Crippen LogP) is 4.45. The molecule has 1 aliphatic heterocycles. The van der Waals surface area contributed by atoms with Gasteiger partial charge < -0.3 is 10.2 Å². The van der Waals surface area contributed by atoms with Crippen LogP contribution in [0.25, 0.3) is 10.9 Å². The highest BCUT2D eigenvalue weighted by Crippen LogP contribution is 2.31. The summed E-state index contributed by atoms with van der Waals surface area (Å²) in [5, 5.41) is 3.44. The van der Waals surface area contributed by atoms with Gasteiger partial charge in [0, 0.05) is 36.2 Å². The van der Waals surface area contributed by atoms with E-state index < -0.39 is 11.6 Å². The number of nitrogens with zero attached hydrogens (tertiary/aromatic N) is 2. The van der Waals surface area contributed by atoms with Crippen LogP contribution in [0.4, 0.5) is 20.2 Å². The van der Waals surface area contributed by atoms with E-state index in [-0.39, 0.29) is 11.6 Å². The van der Waals surface area contributed by atoms with Crippen LogP contribution in [0.2, 0.25) is 0 Å². The van der Waals surface area contributed by atoms with Crippen LogP contribution in [-0.4, -0.2) is 40.4 Å². The molecule has 0 unspecified atom stereocenters. The van der Waals surface area contributed by atoms with Crippen LogP contribution < -0.4 is 5.32 Å². The largest absolute Gasteiger partial charge is 0.352 e. The molecule has 4 rings (SSSR count). The molecule has 0 atom stereocenters. The number of hydrogen-bond acceptors (Lipinski definition) is 4. The van der Waals surface area contributed by atoms with Crippen LogP contribution in [0, 0.1) is 11.6 Å². The number of thioether (sulfide) groups is 1. The van der Waals surface area contributed by atoms with Crippen molar-refractivity contribution in [1.82, 2.24) is 9.88 Å². The lowest BCUT2D eigenvalue weighted by Crippen LogP contribution is -2.38. The molecule has 3 aromatic rings. The third-order valence-electron chi connectivity index (χ3n) is 4.49. The molecule has 27 heavy (non-hydrogen) atoms. The van der Waals surface area contributed by atoms with E-state index in [0.29, 0.717) is 35.2 Å². The molecule has 2 heterocycles. The predicted molar refractivity (Wildman–Crippen MR) is 105 cm³/mol. The summed E-state index contributed by atoms with van der Waals surface area (Å²) in [5.74, 6) is 0.661. The van der Waals surface area contributed by atoms with Gasteiger partial charge >= 0.3 is 0 Å². The summed E-state index contributed by atoms with van der Waals surface area (Å²) in [6.45, 7) is 1.29. The second kappa shape index (κ2) is 7.52. The van der Waals surface area contributed by atoms with Crippen LogP contribution in [0.5, 0.6) is 0 Å². The number of nitrogens with one attached hydrogen (secondary N) is 1. The number of aromatic nitrogens is 1. The summed E-state index contributed by atoms with van der Waals surface area (Å²) in [7, 11) is 0. The topological polar surface area (TPSA) is 45.2 Å². The van der Waals surface area contributed by atoms with Crippen molar-refractivity contribution in [3.63, 3.8) is 0 Å². The number of rotatable bonds is 3. The van der Waals surface area contributed by atoms with Gasteiger partial charge in [-0.05, 0) is 30.3 Å². The molecule has 1 saturated heterocycles. The molecular formula is C20H17F2N3OS. The number of hydrogen-bond donors (Lipinski definition) is 1. The SMILES string of the molecule is O=C(c1cnc2ccc(F)cc2c1Nc1ccccc1F)N1CCSCC1. The minimum absolute atomic E-state index is 0.187. The van der Waals surface area contributed by atoms with Crippen molar-refractivity contribution in [3.8, 4) is 0 Å². The maximum absolute atomic E-state index is 14.2. The lowest BCUT2D eigenvalue weighted by molar-refractivity contribution is 0.0773. The zero-order chi connectivity index (χ0) is 18.8. The Labute approximate surface area is 159 Å². The monoisotopic (exact) mass is 385 g/mol. The van der Waals surface area contributed by atoms with Gasteiger partial charge in [-0.1, -0.05) is 12.1 Å². The van der Waals surface area contributed by atoms with Gasteiger partial charge in [-0.25, -0.2) is 8.78 Å². The molecule has 0 spiro atoms. The second-order valence-electron chi connectivity index (χ2n) is 6.22. The molecule has 1 N–H and O–H groups in total. The molecule has 1 amide bonds. The summed E-state index contributed by atoms with van der Waals surface area (Å²) in [5.41, 5.74) is 1.43. The van der Waals surface area contributed by atoms with Crippen molar-refractivity contribution in [3.05, 3.63) is 65.9 Å². The highest BCUT2D eigenvalue weighted by Gasteiger charge is 2.23. The molecular weight excluding hydrogens is 368 g/mol. The Morgan fingerprint density at radius 1 is 1.11 bits per heavy atom. The first-order chi connectivity index (χ1) is 13.1. The average Bonchev–Trinajstić information content (AvgIpc) is 2.70. The number of halogens is 2. The first-order valence-electron chi connectivity index (χ1n) is 8.60. The summed E-state index contributed by atoms with van der Waals surface area (Å²) < 4.78 is 28.1. The van der Waals surface area contributed by atoms with E-state index in [1.54, 1.807) is 40.9 Å². The fourth-order valence-corrected chi connectivity index (χ4v) is 4.00. The van der Waals surface area contributed by atoms with Crippen molar-refractivity contribution < 1.29 is 13.6 Å². The summed E-state index contributed by atoms with van der Waals surface area (Å²) in [4.78, 5) is 19.1. The van der Waals surface area contributed by atoms with Crippen molar-refractivity contribution in [2.24, 2.45) is 0 Å². The van der Waals surface area contributed by atoms with Crippen LogP contribution >= 0.6 is 11.8 Å². The van der Waals surface area contributed by atoms with E-state index in [9.17, 15) is 13.6 Å². The maximum atomic E-state index is 14.2. The van der Waals surface area contributed by atoms with E-state index >= 15 is 0 Å². The number of amides is 1. The van der Waals surface area contributed by atoms with Gasteiger partial charge in [-0.3, -0.25) is 9.78 Å². The minimum atomic E-state index is -0.452. The Kier molecular flexibility index (Phi) is 4.94. The van der Waals surface area contributed by atoms with E-state index in [0.717, 1.165) is 11.5 Å². The number of para-hydroxylation sites is 1. The standard InChI is InChI=1S/C20H17F2N3OS/c21-13-5-6-17-14(11-13)19(24-18-4-2-1-3-16(18)22)15(12-23-17)20(26)25-7-9-27-10-8-25/h1-6,11-12H,7-10H2,(H,23,24). The quantitative estimate of drug-likeness (QED) is 0.724. The Morgan fingerprint density at radius 3 is 2.67 bits per heavy atom. The molecule has 0 aliphatic carbocycles. The molecule has 7 heteroatoms. The van der Waals surface area contributed by atoms with E-state index in [1.807, 2.05) is 0 Å². The molecule has 0 radical (unpaired) electrons. The van der Waals surface area contributed by atoms with Crippen molar-refractivity contribution >= 4 is 39.9 Å². The number of carbonyl (C=O) groups is 1. The number of fused-ring (bicyclic) bond motifs is 1. The van der Waals surface area contributed by atoms with Gasteiger partial charge in [-0.15, -0.1) is 0 Å². The number of pyridine rings is 1. The van der Waals surface area contributed by atoms with Crippen molar-refractivity contribution in [1.29, 1.82) is 0 Å². The normalized spacial score (nSPS) is 14.4. The van der Waals surface area contributed by atoms with Crippen LogP contribution in [0.1, 0.15) is 10.4 Å². The molecule has 1 aliphatic rings. The van der Waals surface area contributed by atoms with Crippen LogP contribution in [0.3, 0.4) is 0 Å². The van der Waals surface area contributed by atoms with E-state index in [2.05, 4.69) is 10.3 Å². The lowest BCUT2D eigenvalue weighted by atomic mass is 10.1. The zero-order valence-electron chi connectivity index (χ0n) is 14.4. The second-order valence-corrected chi connectivity index (χ2v) is 7.44. The molecule has 1 fully saturated rings. The molecule has 0 saturated carbocycles. The lowest BCUT2D eigenvalue weighted by Gasteiger charge is -2.27. The number of anilines is 2. The summed E-state index contributed by atoms with van der Waals surface area (Å²) in [6.07, 6.45) is 1.48. The number of benzene rings is 2. The Balaban J connectivity index is 1.85. The Morgan fingerprint density at radius 2 is 1.89 bits per heavy atom. The van der Waals surface area contributed by atoms with Gasteiger partial charge in [0.05, 0.1) is 22.5 Å². The van der Waals surface area contributed by atoms with Gasteiger partial charge in [0.1, 0.15) is 11.6 Å². The summed E-state index contributed by atoms with van der Waals surface area (Å²) in [6, 6.07) is 10.4. The highest BCUT2D eigenvalue weighted by atomic mass is 32.2. The van der Waals surface area contributed by atoms with Crippen molar-refractivity contribution in [2.75, 3.05) is 29.9 Å². The summed E-state index contributed by atoms with van der Waals surface area (Å²) >= 11 is 1.80. The third-order valence-corrected chi connectivity index (χ3v) is 5.43. The van der Waals surface area contributed by atoms with Gasteiger partial charge in [0.15, 0.2) is 0 Å². The first kappa shape index (κ1) is 17.7. The smallest absolute Gasteiger partial charge is 0.257 e. The number of carbonyl (C=O) groups excluding carboxylic acids is 1. The molecule has 4 nitrogen and oxygen atoms in total. The molecule has 1 aromatic heterocycles. The first-order valence-corrected chi connectivity index (χ1v) is 9.76. The zero-order valence-corrected chi connectivity index (χ0v) is 15.2. The van der Waals surface area contributed by atoms with Crippen LogP contribution in [0.15, 0.2) is 48.7 Å². The molecule has 2 aromatic carbocycles. The minimum Gasteiger partial charge on any atom is -0.352 e. The molecule has 0 bridgehead atoms. The van der Waals surface area contributed by atoms with Gasteiger partial charge in [0.2, 0.25) is 0 Å². The van der Waals surface area contributed by atoms with Gasteiger partial charge in [-0.2, -0.15) is 11.8 Å². The third kappa shape index (κ3) is 3.60. The van der Waals surface area contributed by atoms with Crippen molar-refractivity contribution in [2.45, 2.75) is 0 Å². The highest BCUT2D eigenvalue weighted by molar-refractivity contribution is 7.99. The fraction of sp³-hybridized carbons (Fsp3) is 0.200. The molecule has 138 valence electrons. The Bertz CT molecular complexity index is 1010. The van der Waals surface area contributed by atoms with E-state index in [1.165, 1.54) is 24.4 Å². The van der Waals surface area contributed by atoms with Crippen LogP contribution in [-0.2, 0) is 0 Å². The fourth-order valence-electron chi connectivity index (χ4n) is 3.10. The van der Waals surface area contributed by atoms with E-state index in [4.69, 9.17) is 0 Å². The average molecular weight is 385 g/mol.